The first-order chi connectivity index (χ1) is 7.61. The molecule has 2 rings (SSSR count). The Bertz CT molecular complexity index is 371. The molecule has 88 valence electrons. The molecule has 1 N–H and O–H groups in total. The molecule has 1 aliphatic heterocycles. The standard InChI is InChI=1S/C14H22N2/c1-5-11-6-7-14-12(8-11)15-13(10(2)3)9-16(14)4/h6-8,10,13,15H,5,9H2,1-4H3. The number of anilines is 2. The van der Waals surface area contributed by atoms with Crippen LogP contribution < -0.4 is 10.2 Å². The Balaban J connectivity index is 2.31. The second kappa shape index (κ2) is 4.36. The quantitative estimate of drug-likeness (QED) is 0.820. The fourth-order valence-corrected chi connectivity index (χ4v) is 2.27. The van der Waals surface area contributed by atoms with Gasteiger partial charge >= 0.3 is 0 Å². The predicted octanol–water partition coefficient (Wildman–Crippen LogP) is 3.14. The van der Waals surface area contributed by atoms with Crippen LogP contribution >= 0.6 is 0 Å². The van der Waals surface area contributed by atoms with Gasteiger partial charge in [0.1, 0.15) is 0 Å². The van der Waals surface area contributed by atoms with E-state index in [1.807, 2.05) is 0 Å². The van der Waals surface area contributed by atoms with E-state index in [9.17, 15) is 0 Å². The molecule has 0 amide bonds. The maximum atomic E-state index is 3.66. The van der Waals surface area contributed by atoms with Crippen LogP contribution in [0.2, 0.25) is 0 Å². The summed E-state index contributed by atoms with van der Waals surface area (Å²) in [6.45, 7) is 7.85. The molecule has 2 heteroatoms. The Hall–Kier alpha value is -1.18. The SMILES string of the molecule is CCc1ccc2c(c1)NC(C(C)C)CN2C. The van der Waals surface area contributed by atoms with Gasteiger partial charge in [-0.15, -0.1) is 0 Å². The molecule has 0 bridgehead atoms. The fourth-order valence-electron chi connectivity index (χ4n) is 2.27. The van der Waals surface area contributed by atoms with Gasteiger partial charge in [-0.1, -0.05) is 26.8 Å². The Morgan fingerprint density at radius 1 is 1.44 bits per heavy atom. The minimum Gasteiger partial charge on any atom is -0.379 e. The van der Waals surface area contributed by atoms with Crippen molar-refractivity contribution in [2.45, 2.75) is 33.2 Å². The summed E-state index contributed by atoms with van der Waals surface area (Å²) in [7, 11) is 2.18. The Morgan fingerprint density at radius 2 is 2.19 bits per heavy atom. The molecule has 0 aliphatic carbocycles. The molecule has 1 aliphatic rings. The van der Waals surface area contributed by atoms with Gasteiger partial charge in [0.2, 0.25) is 0 Å². The zero-order valence-electron chi connectivity index (χ0n) is 10.7. The molecule has 0 saturated heterocycles. The first-order valence-corrected chi connectivity index (χ1v) is 6.22. The minimum absolute atomic E-state index is 0.560. The van der Waals surface area contributed by atoms with Gasteiger partial charge in [0.05, 0.1) is 11.4 Å². The zero-order valence-corrected chi connectivity index (χ0v) is 10.7. The molecule has 0 fully saturated rings. The van der Waals surface area contributed by atoms with Gasteiger partial charge in [-0.05, 0) is 30.0 Å². The lowest BCUT2D eigenvalue weighted by atomic mass is 9.99. The highest BCUT2D eigenvalue weighted by molar-refractivity contribution is 5.73. The van der Waals surface area contributed by atoms with E-state index < -0.39 is 0 Å². The van der Waals surface area contributed by atoms with Gasteiger partial charge in [-0.25, -0.2) is 0 Å². The number of nitrogens with zero attached hydrogens (tertiary/aromatic N) is 1. The molecule has 0 aromatic heterocycles. The molecule has 16 heavy (non-hydrogen) atoms. The normalized spacial score (nSPS) is 19.6. The second-order valence-corrected chi connectivity index (χ2v) is 5.08. The first kappa shape index (κ1) is 11.3. The van der Waals surface area contributed by atoms with Crippen molar-refractivity contribution in [3.8, 4) is 0 Å². The van der Waals surface area contributed by atoms with Crippen molar-refractivity contribution in [1.82, 2.24) is 0 Å². The van der Waals surface area contributed by atoms with Gasteiger partial charge in [0, 0.05) is 19.6 Å². The number of nitrogens with one attached hydrogen (secondary N) is 1. The summed E-state index contributed by atoms with van der Waals surface area (Å²) in [5, 5.41) is 3.66. The molecule has 1 heterocycles. The lowest BCUT2D eigenvalue weighted by Gasteiger charge is -2.37. The van der Waals surface area contributed by atoms with Crippen LogP contribution in [0.3, 0.4) is 0 Å². The minimum atomic E-state index is 0.560. The van der Waals surface area contributed by atoms with Crippen molar-refractivity contribution >= 4 is 11.4 Å². The molecule has 2 nitrogen and oxygen atoms in total. The van der Waals surface area contributed by atoms with Crippen LogP contribution in [-0.2, 0) is 6.42 Å². The number of aryl methyl sites for hydroxylation is 1. The highest BCUT2D eigenvalue weighted by Crippen LogP contribution is 2.32. The van der Waals surface area contributed by atoms with E-state index in [-0.39, 0.29) is 0 Å². The van der Waals surface area contributed by atoms with E-state index in [0.29, 0.717) is 12.0 Å². The third kappa shape index (κ3) is 2.01. The summed E-state index contributed by atoms with van der Waals surface area (Å²) in [6, 6.07) is 7.31. The Labute approximate surface area is 98.7 Å². The number of hydrogen-bond acceptors (Lipinski definition) is 2. The highest BCUT2D eigenvalue weighted by atomic mass is 15.2. The van der Waals surface area contributed by atoms with Crippen LogP contribution in [-0.4, -0.2) is 19.6 Å². The molecular formula is C14H22N2. The van der Waals surface area contributed by atoms with Crippen molar-refractivity contribution < 1.29 is 0 Å². The molecule has 0 saturated carbocycles. The summed E-state index contributed by atoms with van der Waals surface area (Å²) in [6.07, 6.45) is 1.10. The monoisotopic (exact) mass is 218 g/mol. The summed E-state index contributed by atoms with van der Waals surface area (Å²) < 4.78 is 0. The van der Waals surface area contributed by atoms with Crippen LogP contribution in [0.25, 0.3) is 0 Å². The van der Waals surface area contributed by atoms with Gasteiger partial charge in [-0.2, -0.15) is 0 Å². The third-order valence-corrected chi connectivity index (χ3v) is 3.50. The molecule has 1 unspecified atom stereocenters. The average molecular weight is 218 g/mol. The largest absolute Gasteiger partial charge is 0.379 e. The lowest BCUT2D eigenvalue weighted by Crippen LogP contribution is -2.42. The topological polar surface area (TPSA) is 15.3 Å². The first-order valence-electron chi connectivity index (χ1n) is 6.22. The third-order valence-electron chi connectivity index (χ3n) is 3.50. The number of hydrogen-bond donors (Lipinski definition) is 1. The summed E-state index contributed by atoms with van der Waals surface area (Å²) >= 11 is 0. The summed E-state index contributed by atoms with van der Waals surface area (Å²) in [5.74, 6) is 0.667. The van der Waals surface area contributed by atoms with E-state index in [0.717, 1.165) is 13.0 Å². The number of rotatable bonds is 2. The van der Waals surface area contributed by atoms with E-state index in [1.54, 1.807) is 0 Å². The maximum Gasteiger partial charge on any atom is 0.0600 e. The summed E-state index contributed by atoms with van der Waals surface area (Å²) in [4.78, 5) is 2.36. The molecule has 1 aromatic carbocycles. The van der Waals surface area contributed by atoms with Crippen molar-refractivity contribution in [2.24, 2.45) is 5.92 Å². The Kier molecular flexibility index (Phi) is 3.08. The van der Waals surface area contributed by atoms with E-state index >= 15 is 0 Å². The molecular weight excluding hydrogens is 196 g/mol. The molecule has 0 radical (unpaired) electrons. The van der Waals surface area contributed by atoms with Crippen molar-refractivity contribution in [1.29, 1.82) is 0 Å². The van der Waals surface area contributed by atoms with Crippen molar-refractivity contribution in [3.63, 3.8) is 0 Å². The molecule has 1 aromatic rings. The van der Waals surface area contributed by atoms with Crippen LogP contribution in [0.4, 0.5) is 11.4 Å². The van der Waals surface area contributed by atoms with Crippen molar-refractivity contribution in [3.05, 3.63) is 23.8 Å². The highest BCUT2D eigenvalue weighted by Gasteiger charge is 2.23. The van der Waals surface area contributed by atoms with Gasteiger partial charge in [0.15, 0.2) is 0 Å². The number of likely N-dealkylation sites (N-methyl/N-ethyl adjacent to an activating group) is 1. The van der Waals surface area contributed by atoms with E-state index in [2.05, 4.69) is 56.2 Å². The Morgan fingerprint density at radius 3 is 2.81 bits per heavy atom. The number of benzene rings is 1. The van der Waals surface area contributed by atoms with Gasteiger partial charge in [0.25, 0.3) is 0 Å². The lowest BCUT2D eigenvalue weighted by molar-refractivity contribution is 0.514. The zero-order chi connectivity index (χ0) is 11.7. The average Bonchev–Trinajstić information content (AvgIpc) is 2.28. The van der Waals surface area contributed by atoms with Crippen LogP contribution in [0.1, 0.15) is 26.3 Å². The second-order valence-electron chi connectivity index (χ2n) is 5.08. The molecule has 1 atom stereocenters. The van der Waals surface area contributed by atoms with Gasteiger partial charge in [-0.3, -0.25) is 0 Å². The van der Waals surface area contributed by atoms with Gasteiger partial charge < -0.3 is 10.2 Å². The van der Waals surface area contributed by atoms with E-state index in [4.69, 9.17) is 0 Å². The summed E-state index contributed by atoms with van der Waals surface area (Å²) in [5.41, 5.74) is 4.03. The van der Waals surface area contributed by atoms with Crippen LogP contribution in [0, 0.1) is 5.92 Å². The van der Waals surface area contributed by atoms with Crippen LogP contribution in [0.15, 0.2) is 18.2 Å². The maximum absolute atomic E-state index is 3.66. The number of fused-ring (bicyclic) bond motifs is 1. The van der Waals surface area contributed by atoms with Crippen LogP contribution in [0.5, 0.6) is 0 Å². The molecule has 0 spiro atoms. The van der Waals surface area contributed by atoms with Crippen molar-refractivity contribution in [2.75, 3.05) is 23.8 Å². The predicted molar refractivity (Wildman–Crippen MR) is 71.3 cm³/mol. The van der Waals surface area contributed by atoms with E-state index in [1.165, 1.54) is 16.9 Å². The smallest absolute Gasteiger partial charge is 0.0600 e. The fraction of sp³-hybridized carbons (Fsp3) is 0.571.